The summed E-state index contributed by atoms with van der Waals surface area (Å²) in [7, 11) is 5.58. The van der Waals surface area contributed by atoms with Crippen molar-refractivity contribution in [2.45, 2.75) is 31.8 Å². The van der Waals surface area contributed by atoms with Gasteiger partial charge in [0.25, 0.3) is 0 Å². The van der Waals surface area contributed by atoms with E-state index in [0.717, 1.165) is 44.1 Å². The molecular formula is C18H30N2O3. The summed E-state index contributed by atoms with van der Waals surface area (Å²) in [4.78, 5) is 4.87. The van der Waals surface area contributed by atoms with Crippen molar-refractivity contribution in [2.75, 3.05) is 47.5 Å². The first kappa shape index (κ1) is 18.0. The van der Waals surface area contributed by atoms with Gasteiger partial charge in [-0.05, 0) is 57.6 Å². The van der Waals surface area contributed by atoms with Crippen molar-refractivity contribution in [3.63, 3.8) is 0 Å². The van der Waals surface area contributed by atoms with Crippen LogP contribution in [0.15, 0.2) is 18.2 Å². The predicted octanol–water partition coefficient (Wildman–Crippen LogP) is 1.98. The van der Waals surface area contributed by atoms with E-state index < -0.39 is 0 Å². The summed E-state index contributed by atoms with van der Waals surface area (Å²) in [5, 5.41) is 8.95. The topological polar surface area (TPSA) is 45.2 Å². The van der Waals surface area contributed by atoms with Crippen LogP contribution in [-0.2, 0) is 6.54 Å². The molecule has 1 saturated heterocycles. The van der Waals surface area contributed by atoms with Gasteiger partial charge in [-0.3, -0.25) is 4.90 Å². The van der Waals surface area contributed by atoms with Gasteiger partial charge in [0.2, 0.25) is 0 Å². The zero-order valence-corrected chi connectivity index (χ0v) is 14.6. The number of rotatable bonds is 8. The molecular weight excluding hydrogens is 292 g/mol. The molecule has 0 saturated carbocycles. The highest BCUT2D eigenvalue weighted by molar-refractivity contribution is 5.40. The van der Waals surface area contributed by atoms with E-state index in [9.17, 15) is 0 Å². The Labute approximate surface area is 139 Å². The average Bonchev–Trinajstić information content (AvgIpc) is 2.60. The van der Waals surface area contributed by atoms with Crippen molar-refractivity contribution >= 4 is 0 Å². The van der Waals surface area contributed by atoms with Crippen LogP contribution in [0.5, 0.6) is 11.5 Å². The summed E-state index contributed by atoms with van der Waals surface area (Å²) >= 11 is 0. The van der Waals surface area contributed by atoms with Crippen LogP contribution in [0.1, 0.15) is 24.8 Å². The fourth-order valence-corrected chi connectivity index (χ4v) is 3.27. The maximum atomic E-state index is 8.95. The molecule has 1 aromatic carbocycles. The third-order valence-electron chi connectivity index (χ3n) is 4.73. The highest BCUT2D eigenvalue weighted by Crippen LogP contribution is 2.26. The molecule has 0 aromatic heterocycles. The molecule has 1 N–H and O–H groups in total. The Morgan fingerprint density at radius 3 is 2.57 bits per heavy atom. The van der Waals surface area contributed by atoms with Gasteiger partial charge in [0.05, 0.1) is 14.2 Å². The number of nitrogens with zero attached hydrogens (tertiary/aromatic N) is 2. The zero-order chi connectivity index (χ0) is 16.7. The largest absolute Gasteiger partial charge is 0.497 e. The Bertz CT molecular complexity index is 473. The van der Waals surface area contributed by atoms with Crippen LogP contribution in [0.2, 0.25) is 0 Å². The van der Waals surface area contributed by atoms with Crippen molar-refractivity contribution in [1.29, 1.82) is 0 Å². The van der Waals surface area contributed by atoms with Crippen molar-refractivity contribution in [1.82, 2.24) is 9.80 Å². The molecule has 23 heavy (non-hydrogen) atoms. The fourth-order valence-electron chi connectivity index (χ4n) is 3.27. The molecule has 0 spiro atoms. The molecule has 0 atom stereocenters. The van der Waals surface area contributed by atoms with Crippen LogP contribution in [0.4, 0.5) is 0 Å². The molecule has 0 bridgehead atoms. The number of hydrogen-bond acceptors (Lipinski definition) is 5. The monoisotopic (exact) mass is 322 g/mol. The first-order valence-electron chi connectivity index (χ1n) is 8.42. The Morgan fingerprint density at radius 2 is 1.96 bits per heavy atom. The lowest BCUT2D eigenvalue weighted by Gasteiger charge is -2.37. The van der Waals surface area contributed by atoms with Gasteiger partial charge in [0.1, 0.15) is 11.5 Å². The van der Waals surface area contributed by atoms with Crippen LogP contribution in [0.3, 0.4) is 0 Å². The van der Waals surface area contributed by atoms with Gasteiger partial charge in [0.15, 0.2) is 0 Å². The Morgan fingerprint density at radius 1 is 1.22 bits per heavy atom. The van der Waals surface area contributed by atoms with E-state index in [1.54, 1.807) is 14.2 Å². The molecule has 0 unspecified atom stereocenters. The number of benzene rings is 1. The van der Waals surface area contributed by atoms with E-state index in [4.69, 9.17) is 14.6 Å². The summed E-state index contributed by atoms with van der Waals surface area (Å²) < 4.78 is 10.8. The quantitative estimate of drug-likeness (QED) is 0.793. The minimum Gasteiger partial charge on any atom is -0.497 e. The number of aliphatic hydroxyl groups excluding tert-OH is 1. The minimum absolute atomic E-state index is 0.277. The van der Waals surface area contributed by atoms with Crippen LogP contribution >= 0.6 is 0 Å². The standard InChI is InChI=1S/C18H30N2O3/c1-19(9-4-12-21)16-7-10-20(11-8-16)14-15-13-17(22-2)5-6-18(15)23-3/h5-6,13,16,21H,4,7-12,14H2,1-3H3. The molecule has 1 aliphatic heterocycles. The SMILES string of the molecule is COc1ccc(OC)c(CN2CCC(N(C)CCCO)CC2)c1. The molecule has 1 fully saturated rings. The van der Waals surface area contributed by atoms with E-state index in [-0.39, 0.29) is 6.61 Å². The second kappa shape index (κ2) is 9.11. The van der Waals surface area contributed by atoms with Gasteiger partial charge < -0.3 is 19.5 Å². The van der Waals surface area contributed by atoms with E-state index in [2.05, 4.69) is 22.9 Å². The van der Waals surface area contributed by atoms with Gasteiger partial charge in [-0.15, -0.1) is 0 Å². The normalized spacial score (nSPS) is 16.7. The summed E-state index contributed by atoms with van der Waals surface area (Å²) in [5.41, 5.74) is 1.18. The van der Waals surface area contributed by atoms with E-state index >= 15 is 0 Å². The lowest BCUT2D eigenvalue weighted by Crippen LogP contribution is -2.43. The summed E-state index contributed by atoms with van der Waals surface area (Å²) in [6.45, 7) is 4.33. The number of piperidine rings is 1. The molecule has 5 nitrogen and oxygen atoms in total. The third kappa shape index (κ3) is 5.09. The summed E-state index contributed by atoms with van der Waals surface area (Å²) in [5.74, 6) is 1.80. The van der Waals surface area contributed by atoms with E-state index in [1.807, 2.05) is 12.1 Å². The minimum atomic E-state index is 0.277. The van der Waals surface area contributed by atoms with Crippen LogP contribution in [-0.4, -0.2) is 68.5 Å². The molecule has 130 valence electrons. The van der Waals surface area contributed by atoms with E-state index in [1.165, 1.54) is 18.4 Å². The van der Waals surface area contributed by atoms with Crippen molar-refractivity contribution < 1.29 is 14.6 Å². The van der Waals surface area contributed by atoms with Crippen molar-refractivity contribution in [3.8, 4) is 11.5 Å². The smallest absolute Gasteiger partial charge is 0.123 e. The summed E-state index contributed by atoms with van der Waals surface area (Å²) in [6.07, 6.45) is 3.21. The fraction of sp³-hybridized carbons (Fsp3) is 0.667. The van der Waals surface area contributed by atoms with Gasteiger partial charge in [-0.25, -0.2) is 0 Å². The van der Waals surface area contributed by atoms with Crippen LogP contribution in [0, 0.1) is 0 Å². The molecule has 0 radical (unpaired) electrons. The van der Waals surface area contributed by atoms with Crippen LogP contribution in [0.25, 0.3) is 0 Å². The first-order valence-corrected chi connectivity index (χ1v) is 8.42. The second-order valence-electron chi connectivity index (χ2n) is 6.24. The van der Waals surface area contributed by atoms with Gasteiger partial charge in [-0.2, -0.15) is 0 Å². The molecule has 2 rings (SSSR count). The van der Waals surface area contributed by atoms with Crippen molar-refractivity contribution in [2.24, 2.45) is 0 Å². The lowest BCUT2D eigenvalue weighted by molar-refractivity contribution is 0.117. The lowest BCUT2D eigenvalue weighted by atomic mass is 10.0. The highest BCUT2D eigenvalue weighted by atomic mass is 16.5. The molecule has 1 aliphatic rings. The van der Waals surface area contributed by atoms with Crippen LogP contribution < -0.4 is 9.47 Å². The van der Waals surface area contributed by atoms with Gasteiger partial charge in [-0.1, -0.05) is 0 Å². The zero-order valence-electron chi connectivity index (χ0n) is 14.6. The van der Waals surface area contributed by atoms with Gasteiger partial charge in [0, 0.05) is 31.3 Å². The average molecular weight is 322 g/mol. The molecule has 1 heterocycles. The third-order valence-corrected chi connectivity index (χ3v) is 4.73. The Hall–Kier alpha value is -1.30. The van der Waals surface area contributed by atoms with Gasteiger partial charge >= 0.3 is 0 Å². The Balaban J connectivity index is 1.89. The first-order chi connectivity index (χ1) is 11.2. The maximum absolute atomic E-state index is 8.95. The number of aliphatic hydroxyl groups is 1. The van der Waals surface area contributed by atoms with E-state index in [0.29, 0.717) is 6.04 Å². The highest BCUT2D eigenvalue weighted by Gasteiger charge is 2.22. The maximum Gasteiger partial charge on any atom is 0.123 e. The number of methoxy groups -OCH3 is 2. The molecule has 1 aromatic rings. The van der Waals surface area contributed by atoms with Crippen molar-refractivity contribution in [3.05, 3.63) is 23.8 Å². The number of hydrogen-bond donors (Lipinski definition) is 1. The second-order valence-corrected chi connectivity index (χ2v) is 6.24. The number of ether oxygens (including phenoxy) is 2. The molecule has 5 heteroatoms. The predicted molar refractivity (Wildman–Crippen MR) is 92.2 cm³/mol. The Kier molecular flexibility index (Phi) is 7.15. The number of likely N-dealkylation sites (tertiary alicyclic amines) is 1. The molecule has 0 amide bonds. The molecule has 0 aliphatic carbocycles. The summed E-state index contributed by atoms with van der Waals surface area (Å²) in [6, 6.07) is 6.61.